The first-order valence-corrected chi connectivity index (χ1v) is 9.93. The van der Waals surface area contributed by atoms with Crippen LogP contribution >= 0.6 is 0 Å². The number of aromatic nitrogens is 6. The van der Waals surface area contributed by atoms with Crippen molar-refractivity contribution < 1.29 is 9.47 Å². The number of fused-ring (bicyclic) bond motifs is 3. The van der Waals surface area contributed by atoms with Gasteiger partial charge < -0.3 is 14.5 Å². The first-order chi connectivity index (χ1) is 15.2. The van der Waals surface area contributed by atoms with Gasteiger partial charge in [-0.3, -0.25) is 9.13 Å². The summed E-state index contributed by atoms with van der Waals surface area (Å²) in [4.78, 5) is 29.5. The fourth-order valence-electron chi connectivity index (χ4n) is 4.18. The molecule has 1 N–H and O–H groups in total. The highest BCUT2D eigenvalue weighted by Gasteiger charge is 2.27. The molecule has 4 heterocycles. The minimum atomic E-state index is -0.238. The SMILES string of the molecule is COc1ccc2c(c1)[C@H](n1c(=O)[nH]c3cnc(-n4cnc5ccccc54)nc31)CCO2. The van der Waals surface area contributed by atoms with Gasteiger partial charge in [-0.15, -0.1) is 0 Å². The lowest BCUT2D eigenvalue weighted by Gasteiger charge is -2.27. The zero-order chi connectivity index (χ0) is 20.9. The lowest BCUT2D eigenvalue weighted by atomic mass is 10.00. The third-order valence-electron chi connectivity index (χ3n) is 5.65. The van der Waals surface area contributed by atoms with Crippen molar-refractivity contribution in [3.8, 4) is 17.4 Å². The normalized spacial score (nSPS) is 15.7. The molecule has 9 heteroatoms. The van der Waals surface area contributed by atoms with E-state index in [1.807, 2.05) is 47.0 Å². The average Bonchev–Trinajstić information content (AvgIpc) is 3.38. The van der Waals surface area contributed by atoms with Crippen molar-refractivity contribution in [2.24, 2.45) is 0 Å². The highest BCUT2D eigenvalue weighted by molar-refractivity contribution is 5.77. The highest BCUT2D eigenvalue weighted by atomic mass is 16.5. The smallest absolute Gasteiger partial charge is 0.328 e. The summed E-state index contributed by atoms with van der Waals surface area (Å²) in [7, 11) is 1.62. The van der Waals surface area contributed by atoms with Gasteiger partial charge >= 0.3 is 5.69 Å². The van der Waals surface area contributed by atoms with Gasteiger partial charge in [-0.1, -0.05) is 12.1 Å². The zero-order valence-electron chi connectivity index (χ0n) is 16.6. The molecular weight excluding hydrogens is 396 g/mol. The van der Waals surface area contributed by atoms with Crippen LogP contribution in [0.3, 0.4) is 0 Å². The summed E-state index contributed by atoms with van der Waals surface area (Å²) in [5, 5.41) is 0. The van der Waals surface area contributed by atoms with E-state index in [-0.39, 0.29) is 11.7 Å². The molecular formula is C22H18N6O3. The predicted octanol–water partition coefficient (Wildman–Crippen LogP) is 2.84. The highest BCUT2D eigenvalue weighted by Crippen LogP contribution is 2.37. The van der Waals surface area contributed by atoms with Crippen LogP contribution < -0.4 is 15.2 Å². The van der Waals surface area contributed by atoms with E-state index in [9.17, 15) is 4.79 Å². The number of methoxy groups -OCH3 is 1. The summed E-state index contributed by atoms with van der Waals surface area (Å²) in [5.74, 6) is 1.90. The Balaban J connectivity index is 1.55. The number of nitrogens with zero attached hydrogens (tertiary/aromatic N) is 5. The first-order valence-electron chi connectivity index (χ1n) is 9.93. The van der Waals surface area contributed by atoms with Crippen molar-refractivity contribution in [1.82, 2.24) is 29.1 Å². The number of hydrogen-bond donors (Lipinski definition) is 1. The molecule has 0 bridgehead atoms. The van der Waals surface area contributed by atoms with Gasteiger partial charge in [-0.2, -0.15) is 4.98 Å². The summed E-state index contributed by atoms with van der Waals surface area (Å²) < 4.78 is 14.7. The lowest BCUT2D eigenvalue weighted by Crippen LogP contribution is -2.28. The van der Waals surface area contributed by atoms with Crippen LogP contribution in [0, 0.1) is 0 Å². The van der Waals surface area contributed by atoms with E-state index >= 15 is 0 Å². The number of aromatic amines is 1. The molecule has 6 rings (SSSR count). The number of rotatable bonds is 3. The second-order valence-corrected chi connectivity index (χ2v) is 7.37. The van der Waals surface area contributed by atoms with E-state index in [0.717, 1.165) is 22.3 Å². The average molecular weight is 414 g/mol. The Hall–Kier alpha value is -4.14. The van der Waals surface area contributed by atoms with Gasteiger partial charge in [0.05, 0.1) is 37.0 Å². The Bertz CT molecular complexity index is 1500. The second-order valence-electron chi connectivity index (χ2n) is 7.37. The molecule has 5 aromatic rings. The van der Waals surface area contributed by atoms with Crippen LogP contribution in [0.25, 0.3) is 28.1 Å². The molecule has 3 aromatic heterocycles. The van der Waals surface area contributed by atoms with E-state index in [2.05, 4.69) is 15.0 Å². The molecule has 31 heavy (non-hydrogen) atoms. The van der Waals surface area contributed by atoms with Gasteiger partial charge in [0.25, 0.3) is 0 Å². The van der Waals surface area contributed by atoms with Crippen molar-refractivity contribution in [2.45, 2.75) is 12.5 Å². The third kappa shape index (κ3) is 2.70. The van der Waals surface area contributed by atoms with Gasteiger partial charge in [0.15, 0.2) is 5.65 Å². The van der Waals surface area contributed by atoms with E-state index in [0.29, 0.717) is 35.9 Å². The first kappa shape index (κ1) is 17.7. The standard InChI is InChI=1S/C22H18N6O3/c1-30-13-6-7-19-14(10-13)17(8-9-31-19)28-20-16(25-22(28)29)11-23-21(26-20)27-12-24-15-4-2-3-5-18(15)27/h2-7,10-12,17H,8-9H2,1H3,(H,25,29)/t17-/m1/s1. The maximum atomic E-state index is 13.0. The number of para-hydroxylation sites is 2. The van der Waals surface area contributed by atoms with Crippen molar-refractivity contribution >= 4 is 22.2 Å². The molecule has 0 unspecified atom stereocenters. The van der Waals surface area contributed by atoms with E-state index in [1.54, 1.807) is 24.2 Å². The molecule has 9 nitrogen and oxygen atoms in total. The minimum absolute atomic E-state index is 0.234. The number of nitrogens with one attached hydrogen (secondary N) is 1. The van der Waals surface area contributed by atoms with Crippen molar-refractivity contribution in [3.05, 3.63) is 71.0 Å². The molecule has 0 fully saturated rings. The largest absolute Gasteiger partial charge is 0.497 e. The minimum Gasteiger partial charge on any atom is -0.497 e. The summed E-state index contributed by atoms with van der Waals surface area (Å²) in [6.45, 7) is 0.507. The maximum Gasteiger partial charge on any atom is 0.328 e. The van der Waals surface area contributed by atoms with Gasteiger partial charge in [-0.25, -0.2) is 14.8 Å². The number of hydrogen-bond acceptors (Lipinski definition) is 6. The third-order valence-corrected chi connectivity index (χ3v) is 5.65. The topological polar surface area (TPSA) is 99.9 Å². The Labute approximate surface area is 175 Å². The van der Waals surface area contributed by atoms with E-state index < -0.39 is 0 Å². The van der Waals surface area contributed by atoms with Crippen LogP contribution in [0.1, 0.15) is 18.0 Å². The van der Waals surface area contributed by atoms with Gasteiger partial charge in [-0.05, 0) is 30.3 Å². The number of H-pyrrole nitrogens is 1. The fraction of sp³-hybridized carbons (Fsp3) is 0.182. The van der Waals surface area contributed by atoms with Gasteiger partial charge in [0, 0.05) is 12.0 Å². The summed E-state index contributed by atoms with van der Waals surface area (Å²) in [6.07, 6.45) is 3.96. The summed E-state index contributed by atoms with van der Waals surface area (Å²) >= 11 is 0. The maximum absolute atomic E-state index is 13.0. The van der Waals surface area contributed by atoms with Crippen molar-refractivity contribution in [1.29, 1.82) is 0 Å². The molecule has 0 saturated carbocycles. The molecule has 0 spiro atoms. The molecule has 154 valence electrons. The predicted molar refractivity (Wildman–Crippen MR) is 114 cm³/mol. The number of ether oxygens (including phenoxy) is 2. The van der Waals surface area contributed by atoms with Gasteiger partial charge in [0.2, 0.25) is 5.95 Å². The quantitative estimate of drug-likeness (QED) is 0.487. The zero-order valence-corrected chi connectivity index (χ0v) is 16.6. The lowest BCUT2D eigenvalue weighted by molar-refractivity contribution is 0.255. The molecule has 2 aromatic carbocycles. The second kappa shape index (κ2) is 6.69. The summed E-state index contributed by atoms with van der Waals surface area (Å²) in [6, 6.07) is 13.2. The van der Waals surface area contributed by atoms with Crippen LogP contribution in [0.4, 0.5) is 0 Å². The Morgan fingerprint density at radius 1 is 1.19 bits per heavy atom. The van der Waals surface area contributed by atoms with Crippen LogP contribution in [0.15, 0.2) is 59.8 Å². The van der Waals surface area contributed by atoms with Crippen LogP contribution in [0.5, 0.6) is 11.5 Å². The monoisotopic (exact) mass is 414 g/mol. The Morgan fingerprint density at radius 2 is 2.10 bits per heavy atom. The Morgan fingerprint density at radius 3 is 3.00 bits per heavy atom. The number of imidazole rings is 2. The van der Waals surface area contributed by atoms with Crippen molar-refractivity contribution in [3.63, 3.8) is 0 Å². The molecule has 1 aliphatic rings. The fourth-order valence-corrected chi connectivity index (χ4v) is 4.18. The van der Waals surface area contributed by atoms with E-state index in [4.69, 9.17) is 14.5 Å². The molecule has 0 saturated heterocycles. The molecule has 1 atom stereocenters. The van der Waals surface area contributed by atoms with Crippen LogP contribution in [-0.4, -0.2) is 42.8 Å². The molecule has 0 aliphatic carbocycles. The van der Waals surface area contributed by atoms with E-state index in [1.165, 1.54) is 0 Å². The van der Waals surface area contributed by atoms with Crippen LogP contribution in [-0.2, 0) is 0 Å². The van der Waals surface area contributed by atoms with Crippen LogP contribution in [0.2, 0.25) is 0 Å². The van der Waals surface area contributed by atoms with Gasteiger partial charge in [0.1, 0.15) is 23.3 Å². The summed E-state index contributed by atoms with van der Waals surface area (Å²) in [5.41, 5.74) is 3.51. The van der Waals surface area contributed by atoms with Crippen molar-refractivity contribution in [2.75, 3.05) is 13.7 Å². The molecule has 0 amide bonds. The molecule has 0 radical (unpaired) electrons. The molecule has 1 aliphatic heterocycles. The Kier molecular flexibility index (Phi) is 3.82. The number of benzene rings is 2.